The Morgan fingerprint density at radius 2 is 1.76 bits per heavy atom. The first-order valence-corrected chi connectivity index (χ1v) is 14.7. The van der Waals surface area contributed by atoms with Gasteiger partial charge in [-0.1, -0.05) is 65.9 Å². The van der Waals surface area contributed by atoms with Gasteiger partial charge in [-0.25, -0.2) is 4.79 Å². The van der Waals surface area contributed by atoms with Crippen molar-refractivity contribution in [3.63, 3.8) is 0 Å². The molecule has 1 aliphatic carbocycles. The van der Waals surface area contributed by atoms with Gasteiger partial charge < -0.3 is 14.9 Å². The topological polar surface area (TPSA) is 66.8 Å². The van der Waals surface area contributed by atoms with Crippen molar-refractivity contribution in [2.75, 3.05) is 0 Å². The van der Waals surface area contributed by atoms with Crippen LogP contribution in [0, 0.1) is 5.41 Å². The standard InChI is InChI=1S/C27H37Br3O4/c1-16-6-9-21(28)26(4)12-10-22(29)27(5,33)13-11-23(25(2,3)30)34-24(32)17-7-8-20(31)18(14-17)15-19(16)26/h7-8,14,21-23,31,33H,6,9-13,15H2,1-5H3/t21-,22+,23-,26-,27-/m0/s1. The Bertz CT molecular complexity index is 950. The maximum Gasteiger partial charge on any atom is 0.338 e. The third kappa shape index (κ3) is 6.12. The Kier molecular flexibility index (Phi) is 8.75. The van der Waals surface area contributed by atoms with E-state index < -0.39 is 22.0 Å². The van der Waals surface area contributed by atoms with E-state index in [4.69, 9.17) is 4.74 Å². The molecule has 0 saturated heterocycles. The molecule has 1 aromatic rings. The largest absolute Gasteiger partial charge is 0.508 e. The molecule has 0 unspecified atom stereocenters. The van der Waals surface area contributed by atoms with Crippen LogP contribution in [-0.4, -0.2) is 41.9 Å². The highest BCUT2D eigenvalue weighted by molar-refractivity contribution is 9.10. The molecule has 2 bridgehead atoms. The highest BCUT2D eigenvalue weighted by Crippen LogP contribution is 2.50. The van der Waals surface area contributed by atoms with Crippen LogP contribution in [-0.2, 0) is 11.2 Å². The van der Waals surface area contributed by atoms with Crippen LogP contribution in [0.5, 0.6) is 5.75 Å². The van der Waals surface area contributed by atoms with Gasteiger partial charge in [-0.3, -0.25) is 0 Å². The number of allylic oxidation sites excluding steroid dienone is 2. The number of fused-ring (bicyclic) bond motifs is 3. The number of carbonyl (C=O) groups excluding carboxylic acids is 1. The molecule has 0 saturated carbocycles. The molecule has 190 valence electrons. The molecular formula is C27H37Br3O4. The average molecular weight is 665 g/mol. The van der Waals surface area contributed by atoms with E-state index in [9.17, 15) is 15.0 Å². The number of hydrogen-bond acceptors (Lipinski definition) is 4. The number of ether oxygens (including phenoxy) is 1. The molecule has 0 fully saturated rings. The molecular weight excluding hydrogens is 628 g/mol. The first kappa shape index (κ1) is 28.2. The lowest BCUT2D eigenvalue weighted by atomic mass is 9.66. The van der Waals surface area contributed by atoms with Crippen LogP contribution in [0.25, 0.3) is 0 Å². The minimum Gasteiger partial charge on any atom is -0.508 e. The van der Waals surface area contributed by atoms with Gasteiger partial charge in [0.05, 0.1) is 15.5 Å². The van der Waals surface area contributed by atoms with Crippen LogP contribution in [0.2, 0.25) is 0 Å². The zero-order valence-corrected chi connectivity index (χ0v) is 25.5. The van der Waals surface area contributed by atoms with Crippen LogP contribution >= 0.6 is 47.8 Å². The highest BCUT2D eigenvalue weighted by Gasteiger charge is 2.42. The van der Waals surface area contributed by atoms with Gasteiger partial charge in [0.15, 0.2) is 0 Å². The molecule has 5 atom stereocenters. The van der Waals surface area contributed by atoms with Gasteiger partial charge >= 0.3 is 5.97 Å². The van der Waals surface area contributed by atoms with Crippen LogP contribution in [0.15, 0.2) is 29.3 Å². The van der Waals surface area contributed by atoms with Crippen molar-refractivity contribution in [1.82, 2.24) is 0 Å². The van der Waals surface area contributed by atoms with Crippen molar-refractivity contribution in [2.45, 2.75) is 105 Å². The van der Waals surface area contributed by atoms with Crippen LogP contribution in [0.3, 0.4) is 0 Å². The molecule has 0 spiro atoms. The summed E-state index contributed by atoms with van der Waals surface area (Å²) in [5, 5.41) is 22.0. The summed E-state index contributed by atoms with van der Waals surface area (Å²) < 4.78 is 5.49. The van der Waals surface area contributed by atoms with Gasteiger partial charge in [-0.15, -0.1) is 0 Å². The Hall–Kier alpha value is -0.370. The lowest BCUT2D eigenvalue weighted by molar-refractivity contribution is 0.000635. The van der Waals surface area contributed by atoms with Crippen LogP contribution < -0.4 is 0 Å². The van der Waals surface area contributed by atoms with Gasteiger partial charge in [0.2, 0.25) is 0 Å². The Balaban J connectivity index is 2.09. The molecule has 1 aromatic carbocycles. The van der Waals surface area contributed by atoms with E-state index in [0.29, 0.717) is 29.7 Å². The molecule has 34 heavy (non-hydrogen) atoms. The van der Waals surface area contributed by atoms with E-state index in [0.717, 1.165) is 31.2 Å². The SMILES string of the molecule is CC1=C2Cc3cc(ccc3O)C(=O)O[C@H](C(C)(C)Br)CC[C@](C)(O)[C@H](Br)CC[C@]2(C)[C@@H](Br)CC1. The summed E-state index contributed by atoms with van der Waals surface area (Å²) in [7, 11) is 0. The maximum absolute atomic E-state index is 13.2. The number of halogens is 3. The highest BCUT2D eigenvalue weighted by atomic mass is 79.9. The monoisotopic (exact) mass is 662 g/mol. The Labute approximate surface area is 229 Å². The average Bonchev–Trinajstić information content (AvgIpc) is 2.75. The number of aromatic hydroxyl groups is 1. The minimum absolute atomic E-state index is 0.102. The number of phenolic OH excluding ortho intramolecular Hbond substituents is 1. The van der Waals surface area contributed by atoms with Crippen molar-refractivity contribution in [3.8, 4) is 5.75 Å². The molecule has 4 nitrogen and oxygen atoms in total. The molecule has 1 aliphatic heterocycles. The summed E-state index contributed by atoms with van der Waals surface area (Å²) in [4.78, 5) is 13.4. The van der Waals surface area contributed by atoms with Gasteiger partial charge in [0.1, 0.15) is 11.9 Å². The van der Waals surface area contributed by atoms with Crippen molar-refractivity contribution in [2.24, 2.45) is 5.41 Å². The quantitative estimate of drug-likeness (QED) is 0.184. The number of esters is 1. The summed E-state index contributed by atoms with van der Waals surface area (Å²) >= 11 is 11.4. The minimum atomic E-state index is -0.954. The van der Waals surface area contributed by atoms with Crippen molar-refractivity contribution in [3.05, 3.63) is 40.5 Å². The van der Waals surface area contributed by atoms with E-state index in [2.05, 4.69) is 61.6 Å². The van der Waals surface area contributed by atoms with Crippen LogP contribution in [0.4, 0.5) is 0 Å². The molecule has 2 aliphatic rings. The molecule has 2 N–H and O–H groups in total. The van der Waals surface area contributed by atoms with E-state index in [1.807, 2.05) is 20.8 Å². The van der Waals surface area contributed by atoms with Crippen molar-refractivity contribution in [1.29, 1.82) is 0 Å². The summed E-state index contributed by atoms with van der Waals surface area (Å²) in [5.74, 6) is -0.224. The molecule has 0 amide bonds. The number of aliphatic hydroxyl groups is 1. The molecule has 1 heterocycles. The number of cyclic esters (lactones) is 1. The zero-order valence-electron chi connectivity index (χ0n) is 20.8. The normalized spacial score (nSPS) is 34.0. The fourth-order valence-corrected chi connectivity index (χ4v) is 6.77. The Morgan fingerprint density at radius 1 is 1.09 bits per heavy atom. The number of alkyl halides is 3. The second-order valence-electron chi connectivity index (χ2n) is 11.1. The number of benzene rings is 1. The van der Waals surface area contributed by atoms with E-state index in [1.165, 1.54) is 11.1 Å². The molecule has 0 aromatic heterocycles. The second-order valence-corrected chi connectivity index (χ2v) is 15.3. The molecule has 0 radical (unpaired) electrons. The third-order valence-corrected chi connectivity index (χ3v) is 11.3. The fraction of sp³-hybridized carbons (Fsp3) is 0.667. The number of phenols is 1. The molecule has 7 heteroatoms. The summed E-state index contributed by atoms with van der Waals surface area (Å²) in [5.41, 5.74) is 2.73. The summed E-state index contributed by atoms with van der Waals surface area (Å²) in [6, 6.07) is 4.99. The lowest BCUT2D eigenvalue weighted by Gasteiger charge is -2.43. The summed E-state index contributed by atoms with van der Waals surface area (Å²) in [6.07, 6.45) is 4.91. The van der Waals surface area contributed by atoms with Gasteiger partial charge in [0.25, 0.3) is 0 Å². The molecule has 3 rings (SSSR count). The first-order chi connectivity index (χ1) is 15.6. The van der Waals surface area contributed by atoms with Gasteiger partial charge in [-0.2, -0.15) is 0 Å². The van der Waals surface area contributed by atoms with Gasteiger partial charge in [0, 0.05) is 15.1 Å². The number of rotatable bonds is 1. The van der Waals surface area contributed by atoms with Gasteiger partial charge in [-0.05, 0) is 96.4 Å². The van der Waals surface area contributed by atoms with E-state index in [-0.39, 0.29) is 16.0 Å². The van der Waals surface area contributed by atoms with Crippen LogP contribution in [0.1, 0.15) is 89.1 Å². The zero-order chi connectivity index (χ0) is 25.5. The Morgan fingerprint density at radius 3 is 2.41 bits per heavy atom. The van der Waals surface area contributed by atoms with E-state index >= 15 is 0 Å². The fourth-order valence-electron chi connectivity index (χ4n) is 5.25. The predicted octanol–water partition coefficient (Wildman–Crippen LogP) is 7.60. The van der Waals surface area contributed by atoms with Crippen molar-refractivity contribution < 1.29 is 19.7 Å². The van der Waals surface area contributed by atoms with Crippen molar-refractivity contribution >= 4 is 53.8 Å². The smallest absolute Gasteiger partial charge is 0.338 e. The third-order valence-electron chi connectivity index (χ3n) is 7.87. The summed E-state index contributed by atoms with van der Waals surface area (Å²) in [6.45, 7) is 10.3. The second kappa shape index (κ2) is 10.5. The van der Waals surface area contributed by atoms with E-state index in [1.54, 1.807) is 18.2 Å². The number of hydrogen-bond donors (Lipinski definition) is 2. The number of carbonyl (C=O) groups is 1. The maximum atomic E-state index is 13.2. The lowest BCUT2D eigenvalue weighted by Crippen LogP contribution is -2.41. The predicted molar refractivity (Wildman–Crippen MR) is 149 cm³/mol. The first-order valence-electron chi connectivity index (χ1n) is 12.1.